The van der Waals surface area contributed by atoms with Crippen molar-refractivity contribution in [3.05, 3.63) is 71.3 Å². The number of amides is 2. The fourth-order valence-corrected chi connectivity index (χ4v) is 2.83. The molecule has 0 saturated carbocycles. The molecule has 2 atom stereocenters. The molecule has 0 spiro atoms. The summed E-state index contributed by atoms with van der Waals surface area (Å²) in [7, 11) is 0. The summed E-state index contributed by atoms with van der Waals surface area (Å²) in [4.78, 5) is 50.4. The molecular formula is C20H17NO5. The van der Waals surface area contributed by atoms with Crippen LogP contribution >= 0.6 is 0 Å². The fourth-order valence-electron chi connectivity index (χ4n) is 2.83. The van der Waals surface area contributed by atoms with Crippen molar-refractivity contribution >= 4 is 23.6 Å². The van der Waals surface area contributed by atoms with E-state index in [1.165, 1.54) is 26.0 Å². The molecule has 1 aliphatic rings. The van der Waals surface area contributed by atoms with Crippen LogP contribution in [0.25, 0.3) is 0 Å². The van der Waals surface area contributed by atoms with E-state index >= 15 is 0 Å². The number of rotatable bonds is 5. The Morgan fingerprint density at radius 3 is 1.88 bits per heavy atom. The SMILES string of the molecule is C[C@H](C(=O)O[C@H](C)C(=O)c1ccccc1)N1C(=O)c2ccccc2C1=O. The molecule has 26 heavy (non-hydrogen) atoms. The van der Waals surface area contributed by atoms with Crippen LogP contribution in [0.2, 0.25) is 0 Å². The number of carbonyl (C=O) groups is 4. The fraction of sp³-hybridized carbons (Fsp3) is 0.200. The Kier molecular flexibility index (Phi) is 4.67. The van der Waals surface area contributed by atoms with Crippen molar-refractivity contribution in [2.75, 3.05) is 0 Å². The first-order valence-electron chi connectivity index (χ1n) is 8.18. The van der Waals surface area contributed by atoms with Crippen LogP contribution in [0.5, 0.6) is 0 Å². The first kappa shape index (κ1) is 17.5. The van der Waals surface area contributed by atoms with Crippen LogP contribution < -0.4 is 0 Å². The number of benzene rings is 2. The monoisotopic (exact) mass is 351 g/mol. The second kappa shape index (κ2) is 6.92. The van der Waals surface area contributed by atoms with Gasteiger partial charge in [0.15, 0.2) is 6.10 Å². The van der Waals surface area contributed by atoms with Gasteiger partial charge in [-0.3, -0.25) is 19.3 Å². The van der Waals surface area contributed by atoms with Crippen LogP contribution in [0.3, 0.4) is 0 Å². The highest BCUT2D eigenvalue weighted by Crippen LogP contribution is 2.25. The zero-order valence-corrected chi connectivity index (χ0v) is 14.3. The van der Waals surface area contributed by atoms with Gasteiger partial charge in [0, 0.05) is 5.56 Å². The van der Waals surface area contributed by atoms with E-state index in [4.69, 9.17) is 4.74 Å². The van der Waals surface area contributed by atoms with E-state index in [1.54, 1.807) is 42.5 Å². The largest absolute Gasteiger partial charge is 0.453 e. The molecule has 0 saturated heterocycles. The number of ether oxygens (including phenoxy) is 1. The second-order valence-corrected chi connectivity index (χ2v) is 6.01. The predicted octanol–water partition coefficient (Wildman–Crippen LogP) is 2.49. The summed E-state index contributed by atoms with van der Waals surface area (Å²) in [5.41, 5.74) is 0.928. The van der Waals surface area contributed by atoms with Crippen LogP contribution in [-0.4, -0.2) is 40.6 Å². The number of esters is 1. The molecule has 0 fully saturated rings. The molecule has 1 aliphatic heterocycles. The maximum Gasteiger partial charge on any atom is 0.329 e. The van der Waals surface area contributed by atoms with Gasteiger partial charge in [0.05, 0.1) is 11.1 Å². The van der Waals surface area contributed by atoms with Gasteiger partial charge in [-0.1, -0.05) is 42.5 Å². The molecule has 0 unspecified atom stereocenters. The van der Waals surface area contributed by atoms with Gasteiger partial charge in [-0.25, -0.2) is 4.79 Å². The Labute approximate surface area is 150 Å². The van der Waals surface area contributed by atoms with Crippen molar-refractivity contribution in [1.29, 1.82) is 0 Å². The third-order valence-electron chi connectivity index (χ3n) is 4.27. The zero-order valence-electron chi connectivity index (χ0n) is 14.3. The van der Waals surface area contributed by atoms with Crippen molar-refractivity contribution in [3.8, 4) is 0 Å². The summed E-state index contributed by atoms with van der Waals surface area (Å²) >= 11 is 0. The maximum atomic E-state index is 12.4. The Bertz CT molecular complexity index is 855. The van der Waals surface area contributed by atoms with E-state index < -0.39 is 29.9 Å². The summed E-state index contributed by atoms with van der Waals surface area (Å²) in [6.45, 7) is 2.87. The van der Waals surface area contributed by atoms with E-state index in [1.807, 2.05) is 0 Å². The van der Waals surface area contributed by atoms with Gasteiger partial charge in [0.1, 0.15) is 6.04 Å². The average Bonchev–Trinajstić information content (AvgIpc) is 2.92. The smallest absolute Gasteiger partial charge is 0.329 e. The molecule has 0 aliphatic carbocycles. The molecule has 1 heterocycles. The van der Waals surface area contributed by atoms with E-state index in [0.717, 1.165) is 4.90 Å². The third-order valence-corrected chi connectivity index (χ3v) is 4.27. The Morgan fingerprint density at radius 2 is 1.35 bits per heavy atom. The lowest BCUT2D eigenvalue weighted by Gasteiger charge is -2.22. The third kappa shape index (κ3) is 3.01. The molecule has 6 nitrogen and oxygen atoms in total. The molecule has 0 N–H and O–H groups in total. The quantitative estimate of drug-likeness (QED) is 0.470. The molecule has 0 bridgehead atoms. The number of ketones is 1. The zero-order chi connectivity index (χ0) is 18.8. The normalized spacial score (nSPS) is 15.4. The summed E-state index contributed by atoms with van der Waals surface area (Å²) < 4.78 is 5.20. The van der Waals surface area contributed by atoms with Crippen molar-refractivity contribution in [2.45, 2.75) is 26.0 Å². The van der Waals surface area contributed by atoms with Crippen molar-refractivity contribution in [2.24, 2.45) is 0 Å². The van der Waals surface area contributed by atoms with Crippen LogP contribution in [0.15, 0.2) is 54.6 Å². The highest BCUT2D eigenvalue weighted by Gasteiger charge is 2.41. The highest BCUT2D eigenvalue weighted by atomic mass is 16.5. The minimum absolute atomic E-state index is 0.255. The summed E-state index contributed by atoms with van der Waals surface area (Å²) in [5, 5.41) is 0. The molecule has 3 rings (SSSR count). The van der Waals surface area contributed by atoms with Gasteiger partial charge < -0.3 is 4.74 Å². The van der Waals surface area contributed by atoms with Gasteiger partial charge in [-0.15, -0.1) is 0 Å². The molecule has 2 aromatic carbocycles. The van der Waals surface area contributed by atoms with Crippen molar-refractivity contribution in [1.82, 2.24) is 4.90 Å². The molecule has 6 heteroatoms. The average molecular weight is 351 g/mol. The van der Waals surface area contributed by atoms with Crippen LogP contribution in [-0.2, 0) is 9.53 Å². The number of Topliss-reactive ketones (excluding diaryl/α,β-unsaturated/α-hetero) is 1. The molecule has 2 aromatic rings. The summed E-state index contributed by atoms with van der Waals surface area (Å²) in [6, 6.07) is 13.7. The van der Waals surface area contributed by atoms with Gasteiger partial charge in [-0.05, 0) is 26.0 Å². The van der Waals surface area contributed by atoms with E-state index in [9.17, 15) is 19.2 Å². The standard InChI is InChI=1S/C20H17NO5/c1-12(21-18(23)15-10-6-7-11-16(15)19(21)24)20(25)26-13(2)17(22)14-8-4-3-5-9-14/h3-13H,1-2H3/t12-,13-/m1/s1. The lowest BCUT2D eigenvalue weighted by molar-refractivity contribution is -0.150. The first-order valence-corrected chi connectivity index (χ1v) is 8.18. The molecule has 0 radical (unpaired) electrons. The van der Waals surface area contributed by atoms with E-state index in [2.05, 4.69) is 0 Å². The molecule has 132 valence electrons. The summed E-state index contributed by atoms with van der Waals surface area (Å²) in [6.07, 6.45) is -1.03. The van der Waals surface area contributed by atoms with Gasteiger partial charge >= 0.3 is 5.97 Å². The number of imide groups is 1. The lowest BCUT2D eigenvalue weighted by Crippen LogP contribution is -2.45. The number of nitrogens with zero attached hydrogens (tertiary/aromatic N) is 1. The van der Waals surface area contributed by atoms with Crippen LogP contribution in [0.1, 0.15) is 44.9 Å². The van der Waals surface area contributed by atoms with Crippen molar-refractivity contribution < 1.29 is 23.9 Å². The second-order valence-electron chi connectivity index (χ2n) is 6.01. The maximum absolute atomic E-state index is 12.4. The highest BCUT2D eigenvalue weighted by molar-refractivity contribution is 6.22. The first-order chi connectivity index (χ1) is 12.4. The van der Waals surface area contributed by atoms with Crippen molar-refractivity contribution in [3.63, 3.8) is 0 Å². The predicted molar refractivity (Wildman–Crippen MR) is 92.7 cm³/mol. The Balaban J connectivity index is 1.72. The van der Waals surface area contributed by atoms with E-state index in [-0.39, 0.29) is 16.9 Å². The van der Waals surface area contributed by atoms with Gasteiger partial charge in [0.25, 0.3) is 11.8 Å². The van der Waals surface area contributed by atoms with Gasteiger partial charge in [0.2, 0.25) is 5.78 Å². The molecule has 2 amide bonds. The van der Waals surface area contributed by atoms with Gasteiger partial charge in [-0.2, -0.15) is 0 Å². The molecular weight excluding hydrogens is 334 g/mol. The Hall–Kier alpha value is -3.28. The minimum Gasteiger partial charge on any atom is -0.453 e. The number of carbonyl (C=O) groups excluding carboxylic acids is 4. The van der Waals surface area contributed by atoms with Crippen LogP contribution in [0.4, 0.5) is 0 Å². The number of hydrogen-bond donors (Lipinski definition) is 0. The summed E-state index contributed by atoms with van der Waals surface area (Å²) in [5.74, 6) is -2.25. The lowest BCUT2D eigenvalue weighted by atomic mass is 10.1. The minimum atomic E-state index is -1.13. The molecule has 0 aromatic heterocycles. The van der Waals surface area contributed by atoms with Crippen LogP contribution in [0, 0.1) is 0 Å². The Morgan fingerprint density at radius 1 is 0.846 bits per heavy atom. The topological polar surface area (TPSA) is 80.8 Å². The van der Waals surface area contributed by atoms with E-state index in [0.29, 0.717) is 5.56 Å². The number of fused-ring (bicyclic) bond motifs is 1. The number of hydrogen-bond acceptors (Lipinski definition) is 5.